The molecule has 0 spiro atoms. The zero-order valence-electron chi connectivity index (χ0n) is 11.7. The molecule has 3 nitrogen and oxygen atoms in total. The van der Waals surface area contributed by atoms with E-state index in [1.807, 2.05) is 25.1 Å². The predicted molar refractivity (Wildman–Crippen MR) is 92.2 cm³/mol. The van der Waals surface area contributed by atoms with Gasteiger partial charge in [0, 0.05) is 27.9 Å². The van der Waals surface area contributed by atoms with Crippen LogP contribution >= 0.6 is 35.0 Å². The minimum Gasteiger partial charge on any atom is -0.269 e. The van der Waals surface area contributed by atoms with Gasteiger partial charge in [0.25, 0.3) is 5.56 Å². The lowest BCUT2D eigenvalue weighted by atomic mass is 10.3. The van der Waals surface area contributed by atoms with Crippen molar-refractivity contribution in [3.8, 4) is 0 Å². The van der Waals surface area contributed by atoms with E-state index in [0.717, 1.165) is 16.2 Å². The zero-order chi connectivity index (χ0) is 15.7. The van der Waals surface area contributed by atoms with Crippen molar-refractivity contribution in [1.29, 1.82) is 0 Å². The molecule has 0 atom stereocenters. The fraction of sp³-hybridized carbons (Fsp3) is 0.125. The molecule has 3 aromatic rings. The van der Waals surface area contributed by atoms with E-state index >= 15 is 0 Å². The molecule has 0 amide bonds. The van der Waals surface area contributed by atoms with Crippen molar-refractivity contribution in [2.24, 2.45) is 0 Å². The summed E-state index contributed by atoms with van der Waals surface area (Å²) < 4.78 is 1.55. The van der Waals surface area contributed by atoms with E-state index in [1.54, 1.807) is 28.8 Å². The van der Waals surface area contributed by atoms with E-state index in [0.29, 0.717) is 21.4 Å². The van der Waals surface area contributed by atoms with Gasteiger partial charge >= 0.3 is 0 Å². The lowest BCUT2D eigenvalue weighted by molar-refractivity contribution is 1.00. The second-order valence-corrected chi connectivity index (χ2v) is 6.74. The van der Waals surface area contributed by atoms with Gasteiger partial charge in [0.2, 0.25) is 0 Å². The first-order valence-corrected chi connectivity index (χ1v) is 8.34. The third-order valence-corrected chi connectivity index (χ3v) is 4.89. The Bertz CT molecular complexity index is 908. The Morgan fingerprint density at radius 3 is 2.82 bits per heavy atom. The number of aromatic nitrogens is 2. The minimum atomic E-state index is -0.0820. The molecule has 0 aliphatic rings. The van der Waals surface area contributed by atoms with Gasteiger partial charge in [0.15, 0.2) is 0 Å². The summed E-state index contributed by atoms with van der Waals surface area (Å²) in [6, 6.07) is 10.7. The van der Waals surface area contributed by atoms with Gasteiger partial charge in [-0.3, -0.25) is 9.20 Å². The van der Waals surface area contributed by atoms with Crippen LogP contribution in [0.2, 0.25) is 10.0 Å². The van der Waals surface area contributed by atoms with Crippen LogP contribution in [0, 0.1) is 6.92 Å². The molecule has 0 saturated carbocycles. The van der Waals surface area contributed by atoms with Gasteiger partial charge in [-0.25, -0.2) is 4.98 Å². The minimum absolute atomic E-state index is 0.0820. The normalized spacial score (nSPS) is 11.0. The summed E-state index contributed by atoms with van der Waals surface area (Å²) in [5, 5.41) is 1.27. The summed E-state index contributed by atoms with van der Waals surface area (Å²) in [6.45, 7) is 1.94. The van der Waals surface area contributed by atoms with Gasteiger partial charge in [-0.1, -0.05) is 29.3 Å². The van der Waals surface area contributed by atoms with Gasteiger partial charge in [0.1, 0.15) is 5.65 Å². The van der Waals surface area contributed by atoms with E-state index in [4.69, 9.17) is 23.2 Å². The summed E-state index contributed by atoms with van der Waals surface area (Å²) in [6.07, 6.45) is 1.79. The molecular weight excluding hydrogens is 339 g/mol. The number of nitrogens with zero attached hydrogens (tertiary/aromatic N) is 2. The van der Waals surface area contributed by atoms with Crippen molar-refractivity contribution >= 4 is 40.6 Å². The highest BCUT2D eigenvalue weighted by molar-refractivity contribution is 7.98. The Hall–Kier alpha value is -1.49. The Labute approximate surface area is 141 Å². The van der Waals surface area contributed by atoms with Gasteiger partial charge in [0.05, 0.1) is 10.7 Å². The highest BCUT2D eigenvalue weighted by atomic mass is 35.5. The van der Waals surface area contributed by atoms with Crippen molar-refractivity contribution < 1.29 is 0 Å². The van der Waals surface area contributed by atoms with Crippen LogP contribution in [-0.2, 0) is 5.75 Å². The summed E-state index contributed by atoms with van der Waals surface area (Å²) in [5.41, 5.74) is 2.30. The van der Waals surface area contributed by atoms with Crippen molar-refractivity contribution in [3.63, 3.8) is 0 Å². The van der Waals surface area contributed by atoms with E-state index < -0.39 is 0 Å². The van der Waals surface area contributed by atoms with Gasteiger partial charge in [-0.2, -0.15) is 0 Å². The Balaban J connectivity index is 1.90. The second kappa shape index (κ2) is 6.32. The molecule has 3 rings (SSSR count). The topological polar surface area (TPSA) is 34.4 Å². The summed E-state index contributed by atoms with van der Waals surface area (Å²) in [7, 11) is 0. The zero-order valence-corrected chi connectivity index (χ0v) is 14.0. The lowest BCUT2D eigenvalue weighted by Crippen LogP contribution is -2.15. The van der Waals surface area contributed by atoms with E-state index in [9.17, 15) is 4.79 Å². The fourth-order valence-electron chi connectivity index (χ4n) is 2.07. The first kappa shape index (κ1) is 15.4. The molecule has 0 saturated heterocycles. The maximum absolute atomic E-state index is 12.2. The molecule has 112 valence electrons. The molecule has 0 bridgehead atoms. The SMILES string of the molecule is Cc1ccc2nc(CSc3cc(Cl)ccc3Cl)cc(=O)n2c1. The molecule has 0 aliphatic carbocycles. The molecule has 0 aliphatic heterocycles. The number of fused-ring (bicyclic) bond motifs is 1. The van der Waals surface area contributed by atoms with Gasteiger partial charge in [-0.15, -0.1) is 11.8 Å². The molecular formula is C16H12Cl2N2OS. The van der Waals surface area contributed by atoms with Crippen LogP contribution in [0.5, 0.6) is 0 Å². The highest BCUT2D eigenvalue weighted by Crippen LogP contribution is 2.31. The molecule has 0 fully saturated rings. The number of hydrogen-bond donors (Lipinski definition) is 0. The maximum Gasteiger partial charge on any atom is 0.258 e. The van der Waals surface area contributed by atoms with Crippen molar-refractivity contribution in [1.82, 2.24) is 9.38 Å². The maximum atomic E-state index is 12.2. The average molecular weight is 351 g/mol. The van der Waals surface area contributed by atoms with Crippen LogP contribution < -0.4 is 5.56 Å². The quantitative estimate of drug-likeness (QED) is 0.647. The van der Waals surface area contributed by atoms with Crippen LogP contribution in [0.4, 0.5) is 0 Å². The number of benzene rings is 1. The molecule has 22 heavy (non-hydrogen) atoms. The molecule has 0 radical (unpaired) electrons. The van der Waals surface area contributed by atoms with Crippen molar-refractivity contribution in [2.75, 3.05) is 0 Å². The first-order valence-electron chi connectivity index (χ1n) is 6.60. The number of halogens is 2. The first-order chi connectivity index (χ1) is 10.5. The third-order valence-electron chi connectivity index (χ3n) is 3.13. The van der Waals surface area contributed by atoms with E-state index in [1.165, 1.54) is 11.8 Å². The molecule has 2 heterocycles. The number of pyridine rings is 1. The summed E-state index contributed by atoms with van der Waals surface area (Å²) >= 11 is 13.6. The standard InChI is InChI=1S/C16H12Cl2N2OS/c1-10-2-5-15-19-12(7-16(21)20(15)8-10)9-22-14-6-11(17)3-4-13(14)18/h2-8H,9H2,1H3. The predicted octanol–water partition coefficient (Wildman–Crippen LogP) is 4.60. The highest BCUT2D eigenvalue weighted by Gasteiger charge is 2.06. The summed E-state index contributed by atoms with van der Waals surface area (Å²) in [4.78, 5) is 17.5. The largest absolute Gasteiger partial charge is 0.269 e. The van der Waals surface area contributed by atoms with Crippen LogP contribution in [0.3, 0.4) is 0 Å². The number of aryl methyl sites for hydroxylation is 1. The van der Waals surface area contributed by atoms with E-state index in [-0.39, 0.29) is 5.56 Å². The van der Waals surface area contributed by atoms with Crippen LogP contribution in [-0.4, -0.2) is 9.38 Å². The molecule has 6 heteroatoms. The molecule has 0 unspecified atom stereocenters. The van der Waals surface area contributed by atoms with Crippen molar-refractivity contribution in [2.45, 2.75) is 17.6 Å². The Morgan fingerprint density at radius 1 is 1.18 bits per heavy atom. The monoisotopic (exact) mass is 350 g/mol. The molecule has 0 N–H and O–H groups in total. The van der Waals surface area contributed by atoms with Crippen LogP contribution in [0.25, 0.3) is 5.65 Å². The molecule has 1 aromatic carbocycles. The fourth-order valence-corrected chi connectivity index (χ4v) is 3.46. The lowest BCUT2D eigenvalue weighted by Gasteiger charge is -2.06. The Kier molecular flexibility index (Phi) is 4.43. The van der Waals surface area contributed by atoms with Gasteiger partial charge < -0.3 is 0 Å². The number of hydrogen-bond acceptors (Lipinski definition) is 3. The summed E-state index contributed by atoms with van der Waals surface area (Å²) in [5.74, 6) is 0.555. The van der Waals surface area contributed by atoms with Crippen LogP contribution in [0.15, 0.2) is 52.3 Å². The second-order valence-electron chi connectivity index (χ2n) is 4.88. The van der Waals surface area contributed by atoms with Crippen LogP contribution in [0.1, 0.15) is 11.3 Å². The number of thioether (sulfide) groups is 1. The van der Waals surface area contributed by atoms with E-state index in [2.05, 4.69) is 4.98 Å². The number of rotatable bonds is 3. The smallest absolute Gasteiger partial charge is 0.258 e. The average Bonchev–Trinajstić information content (AvgIpc) is 2.49. The third kappa shape index (κ3) is 3.29. The Morgan fingerprint density at radius 2 is 2.00 bits per heavy atom. The molecule has 2 aromatic heterocycles. The van der Waals surface area contributed by atoms with Gasteiger partial charge in [-0.05, 0) is 36.8 Å². The van der Waals surface area contributed by atoms with Crippen molar-refractivity contribution in [3.05, 3.63) is 74.3 Å².